The van der Waals surface area contributed by atoms with E-state index in [2.05, 4.69) is 33.0 Å². The lowest BCUT2D eigenvalue weighted by molar-refractivity contribution is -0.133. The topological polar surface area (TPSA) is 65.8 Å². The summed E-state index contributed by atoms with van der Waals surface area (Å²) in [6.07, 6.45) is 1.56. The first kappa shape index (κ1) is 28.0. The molecular formula is C30H38FN3O3. The smallest absolute Gasteiger partial charge is 0.322 e. The minimum Gasteiger partial charge on any atom is -0.467 e. The maximum absolute atomic E-state index is 13.6. The Morgan fingerprint density at radius 1 is 0.865 bits per heavy atom. The summed E-state index contributed by atoms with van der Waals surface area (Å²) in [4.78, 5) is 30.3. The van der Waals surface area contributed by atoms with Crippen molar-refractivity contribution in [2.75, 3.05) is 11.9 Å². The van der Waals surface area contributed by atoms with Gasteiger partial charge in [-0.2, -0.15) is 0 Å². The van der Waals surface area contributed by atoms with Crippen LogP contribution in [0.15, 0.2) is 65.3 Å². The number of hydrogen-bond acceptors (Lipinski definition) is 3. The third-order valence-electron chi connectivity index (χ3n) is 6.36. The van der Waals surface area contributed by atoms with E-state index < -0.39 is 0 Å². The average Bonchev–Trinajstić information content (AvgIpc) is 3.36. The van der Waals surface area contributed by atoms with Gasteiger partial charge in [0.05, 0.1) is 12.8 Å². The summed E-state index contributed by atoms with van der Waals surface area (Å²) in [5, 5.41) is 3.13. The summed E-state index contributed by atoms with van der Waals surface area (Å²) in [6.45, 7) is 12.6. The van der Waals surface area contributed by atoms with Crippen molar-refractivity contribution in [1.82, 2.24) is 9.80 Å². The van der Waals surface area contributed by atoms with Gasteiger partial charge in [-0.3, -0.25) is 4.79 Å². The summed E-state index contributed by atoms with van der Waals surface area (Å²) < 4.78 is 18.9. The van der Waals surface area contributed by atoms with E-state index in [1.807, 2.05) is 32.0 Å². The molecule has 0 saturated heterocycles. The molecule has 1 aromatic heterocycles. The number of nitrogens with one attached hydrogen (secondary N) is 1. The second kappa shape index (κ2) is 12.6. The van der Waals surface area contributed by atoms with Gasteiger partial charge in [-0.1, -0.05) is 58.0 Å². The molecule has 0 radical (unpaired) electrons. The van der Waals surface area contributed by atoms with Gasteiger partial charge in [-0.05, 0) is 66.6 Å². The molecule has 3 amide bonds. The normalized spacial score (nSPS) is 11.3. The van der Waals surface area contributed by atoms with Gasteiger partial charge in [-0.15, -0.1) is 0 Å². The predicted molar refractivity (Wildman–Crippen MR) is 145 cm³/mol. The predicted octanol–water partition coefficient (Wildman–Crippen LogP) is 7.14. The van der Waals surface area contributed by atoms with Crippen LogP contribution in [-0.2, 0) is 17.9 Å². The number of amides is 3. The highest BCUT2D eigenvalue weighted by molar-refractivity contribution is 5.94. The standard InChI is InChI=1S/C30H38FN3O3/c1-20(2)26-10-7-11-27(21(3)4)29(26)32-30(36)34(22(5)6)19-28(35)33(18-25-9-8-16-37-25)17-23-12-14-24(31)15-13-23/h7-16,20-22H,17-19H2,1-6H3,(H,32,36). The first-order chi connectivity index (χ1) is 17.6. The maximum Gasteiger partial charge on any atom is 0.322 e. The monoisotopic (exact) mass is 507 g/mol. The Balaban J connectivity index is 1.84. The van der Waals surface area contributed by atoms with Crippen molar-refractivity contribution in [3.05, 3.63) is 89.1 Å². The van der Waals surface area contributed by atoms with Gasteiger partial charge in [0.1, 0.15) is 18.1 Å². The first-order valence-electron chi connectivity index (χ1n) is 12.8. The SMILES string of the molecule is CC(C)c1cccc(C(C)C)c1NC(=O)N(CC(=O)N(Cc1ccc(F)cc1)Cc1ccco1)C(C)C. The van der Waals surface area contributed by atoms with Crippen molar-refractivity contribution >= 4 is 17.6 Å². The van der Waals surface area contributed by atoms with Gasteiger partial charge >= 0.3 is 6.03 Å². The van der Waals surface area contributed by atoms with Crippen LogP contribution in [0.1, 0.15) is 75.8 Å². The molecule has 0 atom stereocenters. The summed E-state index contributed by atoms with van der Waals surface area (Å²) in [6, 6.07) is 15.2. The van der Waals surface area contributed by atoms with Crippen LogP contribution in [0.4, 0.5) is 14.9 Å². The number of carbonyl (C=O) groups is 2. The molecule has 3 rings (SSSR count). The third kappa shape index (κ3) is 7.44. The van der Waals surface area contributed by atoms with E-state index in [-0.39, 0.29) is 55.3 Å². The number of benzene rings is 2. The van der Waals surface area contributed by atoms with Crippen LogP contribution in [0.2, 0.25) is 0 Å². The molecule has 6 nitrogen and oxygen atoms in total. The van der Waals surface area contributed by atoms with E-state index in [4.69, 9.17) is 4.42 Å². The van der Waals surface area contributed by atoms with Gasteiger partial charge in [-0.25, -0.2) is 9.18 Å². The summed E-state index contributed by atoms with van der Waals surface area (Å²) >= 11 is 0. The first-order valence-corrected chi connectivity index (χ1v) is 12.8. The molecule has 198 valence electrons. The zero-order valence-corrected chi connectivity index (χ0v) is 22.6. The summed E-state index contributed by atoms with van der Waals surface area (Å²) in [5.74, 6) is 0.511. The number of halogens is 1. The second-order valence-corrected chi connectivity index (χ2v) is 10.2. The number of nitrogens with zero attached hydrogens (tertiary/aromatic N) is 2. The molecule has 37 heavy (non-hydrogen) atoms. The zero-order chi connectivity index (χ0) is 27.1. The number of hydrogen-bond donors (Lipinski definition) is 1. The zero-order valence-electron chi connectivity index (χ0n) is 22.6. The summed E-state index contributed by atoms with van der Waals surface area (Å²) in [5.41, 5.74) is 3.72. The van der Waals surface area contributed by atoms with Gasteiger partial charge < -0.3 is 19.5 Å². The Kier molecular flexibility index (Phi) is 9.50. The third-order valence-corrected chi connectivity index (χ3v) is 6.36. The fraction of sp³-hybridized carbons (Fsp3) is 0.400. The Hall–Kier alpha value is -3.61. The van der Waals surface area contributed by atoms with Crippen LogP contribution >= 0.6 is 0 Å². The van der Waals surface area contributed by atoms with E-state index in [1.54, 1.807) is 40.3 Å². The largest absolute Gasteiger partial charge is 0.467 e. The van der Waals surface area contributed by atoms with Gasteiger partial charge in [0.15, 0.2) is 0 Å². The summed E-state index contributed by atoms with van der Waals surface area (Å²) in [7, 11) is 0. The highest BCUT2D eigenvalue weighted by atomic mass is 19.1. The molecule has 0 aliphatic rings. The van der Waals surface area contributed by atoms with Crippen LogP contribution in [-0.4, -0.2) is 34.3 Å². The van der Waals surface area contributed by atoms with E-state index in [0.717, 1.165) is 22.4 Å². The minimum atomic E-state index is -0.335. The molecule has 0 saturated carbocycles. The van der Waals surface area contributed by atoms with Crippen molar-refractivity contribution in [2.45, 2.75) is 72.5 Å². The molecule has 0 spiro atoms. The average molecular weight is 508 g/mol. The van der Waals surface area contributed by atoms with E-state index in [9.17, 15) is 14.0 Å². The highest BCUT2D eigenvalue weighted by Crippen LogP contribution is 2.32. The molecule has 0 unspecified atom stereocenters. The van der Waals surface area contributed by atoms with Crippen LogP contribution < -0.4 is 5.32 Å². The number of anilines is 1. The number of para-hydroxylation sites is 1. The van der Waals surface area contributed by atoms with Crippen molar-refractivity contribution in [2.24, 2.45) is 0 Å². The Morgan fingerprint density at radius 2 is 1.49 bits per heavy atom. The highest BCUT2D eigenvalue weighted by Gasteiger charge is 2.26. The van der Waals surface area contributed by atoms with E-state index in [0.29, 0.717) is 5.76 Å². The Morgan fingerprint density at radius 3 is 2.00 bits per heavy atom. The molecule has 0 fully saturated rings. The fourth-order valence-corrected chi connectivity index (χ4v) is 4.24. The fourth-order valence-electron chi connectivity index (χ4n) is 4.24. The lowest BCUT2D eigenvalue weighted by Crippen LogP contribution is -2.47. The van der Waals surface area contributed by atoms with Crippen molar-refractivity contribution < 1.29 is 18.4 Å². The molecule has 1 heterocycles. The van der Waals surface area contributed by atoms with E-state index >= 15 is 0 Å². The maximum atomic E-state index is 13.6. The van der Waals surface area contributed by atoms with E-state index in [1.165, 1.54) is 12.1 Å². The lowest BCUT2D eigenvalue weighted by Gasteiger charge is -2.31. The molecule has 1 N–H and O–H groups in total. The molecule has 7 heteroatoms. The molecule has 2 aromatic carbocycles. The molecule has 3 aromatic rings. The molecular weight excluding hydrogens is 469 g/mol. The van der Waals surface area contributed by atoms with Gasteiger partial charge in [0.2, 0.25) is 5.91 Å². The quantitative estimate of drug-likeness (QED) is 0.317. The van der Waals surface area contributed by atoms with Gasteiger partial charge in [0, 0.05) is 18.3 Å². The van der Waals surface area contributed by atoms with Crippen LogP contribution in [0.5, 0.6) is 0 Å². The number of carbonyl (C=O) groups excluding carboxylic acids is 2. The molecule has 0 bridgehead atoms. The van der Waals surface area contributed by atoms with Crippen molar-refractivity contribution in [1.29, 1.82) is 0 Å². The minimum absolute atomic E-state index is 0.105. The lowest BCUT2D eigenvalue weighted by atomic mass is 9.93. The van der Waals surface area contributed by atoms with Crippen LogP contribution in [0.3, 0.4) is 0 Å². The number of rotatable bonds is 10. The van der Waals surface area contributed by atoms with Crippen molar-refractivity contribution in [3.8, 4) is 0 Å². The van der Waals surface area contributed by atoms with Crippen molar-refractivity contribution in [3.63, 3.8) is 0 Å². The second-order valence-electron chi connectivity index (χ2n) is 10.2. The van der Waals surface area contributed by atoms with Gasteiger partial charge in [0.25, 0.3) is 0 Å². The number of urea groups is 1. The molecule has 0 aliphatic heterocycles. The molecule has 0 aliphatic carbocycles. The Bertz CT molecular complexity index is 1150. The Labute approximate surface area is 219 Å². The number of furan rings is 1. The van der Waals surface area contributed by atoms with Crippen LogP contribution in [0, 0.1) is 5.82 Å². The van der Waals surface area contributed by atoms with Crippen LogP contribution in [0.25, 0.3) is 0 Å².